The molecular formula is C22H30F3NO2. The van der Waals surface area contributed by atoms with Crippen molar-refractivity contribution >= 4 is 5.78 Å². The maximum atomic E-state index is 12.5. The van der Waals surface area contributed by atoms with Crippen molar-refractivity contribution in [2.75, 3.05) is 7.05 Å². The molecule has 0 amide bonds. The van der Waals surface area contributed by atoms with Crippen molar-refractivity contribution in [3.8, 4) is 11.5 Å². The fourth-order valence-electron chi connectivity index (χ4n) is 2.17. The SMILES string of the molecule is CC.CCC(NC)C(C)=O.Cc1ccc(Oc2cccc(C(F)(F)F)c2)cc1. The number of ether oxygens (including phenoxy) is 1. The molecule has 0 heterocycles. The maximum absolute atomic E-state index is 12.5. The fourth-order valence-corrected chi connectivity index (χ4v) is 2.17. The predicted octanol–water partition coefficient (Wildman–Crippen LogP) is 6.41. The second-order valence-corrected chi connectivity index (χ2v) is 5.80. The van der Waals surface area contributed by atoms with Crippen molar-refractivity contribution < 1.29 is 22.7 Å². The smallest absolute Gasteiger partial charge is 0.416 e. The zero-order valence-corrected chi connectivity index (χ0v) is 17.4. The zero-order chi connectivity index (χ0) is 21.7. The average molecular weight is 397 g/mol. The summed E-state index contributed by atoms with van der Waals surface area (Å²) in [5, 5.41) is 2.90. The van der Waals surface area contributed by atoms with Crippen LogP contribution in [0.4, 0.5) is 13.2 Å². The molecule has 3 nitrogen and oxygen atoms in total. The van der Waals surface area contributed by atoms with Gasteiger partial charge in [-0.25, -0.2) is 0 Å². The summed E-state index contributed by atoms with van der Waals surface area (Å²) in [6.45, 7) is 9.52. The van der Waals surface area contributed by atoms with Crippen LogP contribution in [-0.4, -0.2) is 18.9 Å². The number of nitrogens with one attached hydrogen (secondary N) is 1. The van der Waals surface area contributed by atoms with E-state index in [0.29, 0.717) is 5.75 Å². The van der Waals surface area contributed by atoms with Gasteiger partial charge in [0.15, 0.2) is 0 Å². The van der Waals surface area contributed by atoms with E-state index in [1.807, 2.05) is 39.8 Å². The predicted molar refractivity (Wildman–Crippen MR) is 108 cm³/mol. The molecule has 0 saturated heterocycles. The first-order valence-corrected chi connectivity index (χ1v) is 9.26. The van der Waals surface area contributed by atoms with Crippen LogP contribution in [0.5, 0.6) is 11.5 Å². The largest absolute Gasteiger partial charge is 0.457 e. The lowest BCUT2D eigenvalue weighted by Gasteiger charge is -2.10. The Kier molecular flexibility index (Phi) is 11.9. The van der Waals surface area contributed by atoms with Crippen LogP contribution < -0.4 is 10.1 Å². The number of benzene rings is 2. The number of carbonyl (C=O) groups excluding carboxylic acids is 1. The topological polar surface area (TPSA) is 38.3 Å². The maximum Gasteiger partial charge on any atom is 0.416 e. The van der Waals surface area contributed by atoms with Crippen molar-refractivity contribution in [2.24, 2.45) is 0 Å². The molecule has 1 unspecified atom stereocenters. The van der Waals surface area contributed by atoms with Crippen LogP contribution in [0.15, 0.2) is 48.5 Å². The Hall–Kier alpha value is -2.34. The molecule has 0 saturated carbocycles. The number of carbonyl (C=O) groups is 1. The Morgan fingerprint density at radius 2 is 1.64 bits per heavy atom. The Balaban J connectivity index is 0.000000618. The third-order valence-electron chi connectivity index (χ3n) is 3.67. The highest BCUT2D eigenvalue weighted by molar-refractivity contribution is 5.81. The number of hydrogen-bond donors (Lipinski definition) is 1. The minimum Gasteiger partial charge on any atom is -0.457 e. The van der Waals surface area contributed by atoms with Crippen LogP contribution in [-0.2, 0) is 11.0 Å². The minimum atomic E-state index is -4.35. The Morgan fingerprint density at radius 1 is 1.07 bits per heavy atom. The average Bonchev–Trinajstić information content (AvgIpc) is 2.66. The van der Waals surface area contributed by atoms with Crippen LogP contribution >= 0.6 is 0 Å². The molecule has 2 rings (SSSR count). The number of halogens is 3. The first-order valence-electron chi connectivity index (χ1n) is 9.26. The van der Waals surface area contributed by atoms with Gasteiger partial charge in [-0.1, -0.05) is 44.5 Å². The molecule has 1 N–H and O–H groups in total. The molecule has 0 aliphatic heterocycles. The molecule has 2 aromatic carbocycles. The highest BCUT2D eigenvalue weighted by atomic mass is 19.4. The molecule has 1 atom stereocenters. The van der Waals surface area contributed by atoms with Gasteiger partial charge in [0.1, 0.15) is 17.3 Å². The van der Waals surface area contributed by atoms with Gasteiger partial charge in [-0.15, -0.1) is 0 Å². The molecule has 0 bridgehead atoms. The quantitative estimate of drug-likeness (QED) is 0.634. The summed E-state index contributed by atoms with van der Waals surface area (Å²) < 4.78 is 42.9. The monoisotopic (exact) mass is 397 g/mol. The van der Waals surface area contributed by atoms with Crippen molar-refractivity contribution in [1.82, 2.24) is 5.32 Å². The van der Waals surface area contributed by atoms with E-state index in [1.54, 1.807) is 26.1 Å². The zero-order valence-electron chi connectivity index (χ0n) is 17.4. The molecule has 0 aliphatic carbocycles. The normalized spacial score (nSPS) is 11.3. The summed E-state index contributed by atoms with van der Waals surface area (Å²) in [6, 6.07) is 12.0. The van der Waals surface area contributed by atoms with E-state index in [4.69, 9.17) is 4.74 Å². The van der Waals surface area contributed by atoms with Gasteiger partial charge >= 0.3 is 6.18 Å². The minimum absolute atomic E-state index is 0.0648. The van der Waals surface area contributed by atoms with Gasteiger partial charge in [-0.3, -0.25) is 4.79 Å². The van der Waals surface area contributed by atoms with Crippen LogP contribution in [0.2, 0.25) is 0 Å². The van der Waals surface area contributed by atoms with E-state index in [2.05, 4.69) is 5.32 Å². The molecule has 0 aliphatic rings. The second-order valence-electron chi connectivity index (χ2n) is 5.80. The van der Waals surface area contributed by atoms with Crippen LogP contribution in [0.3, 0.4) is 0 Å². The third kappa shape index (κ3) is 9.55. The van der Waals surface area contributed by atoms with Gasteiger partial charge in [-0.05, 0) is 57.6 Å². The van der Waals surface area contributed by atoms with Crippen molar-refractivity contribution in [2.45, 2.75) is 53.3 Å². The lowest BCUT2D eigenvalue weighted by molar-refractivity contribution is -0.137. The van der Waals surface area contributed by atoms with E-state index >= 15 is 0 Å². The molecule has 0 fully saturated rings. The number of likely N-dealkylation sites (N-methyl/N-ethyl adjacent to an activating group) is 1. The van der Waals surface area contributed by atoms with Crippen molar-refractivity contribution in [3.05, 3.63) is 59.7 Å². The second kappa shape index (κ2) is 12.9. The molecule has 156 valence electrons. The van der Waals surface area contributed by atoms with Gasteiger partial charge in [0, 0.05) is 0 Å². The van der Waals surface area contributed by atoms with Gasteiger partial charge in [-0.2, -0.15) is 13.2 Å². The summed E-state index contributed by atoms with van der Waals surface area (Å²) >= 11 is 0. The molecule has 6 heteroatoms. The van der Waals surface area contributed by atoms with E-state index in [-0.39, 0.29) is 17.6 Å². The lowest BCUT2D eigenvalue weighted by Crippen LogP contribution is -2.31. The summed E-state index contributed by atoms with van der Waals surface area (Å²) in [7, 11) is 1.80. The third-order valence-corrected chi connectivity index (χ3v) is 3.67. The number of rotatable bonds is 5. The standard InChI is InChI=1S/C14H11F3O.C6H13NO.C2H6/c1-10-5-7-12(8-6-10)18-13-4-2-3-11(9-13)14(15,16)17;1-4-6(7-3)5(2)8;1-2/h2-9H,1H3;6-7H,4H2,1-3H3;1-2H3. The van der Waals surface area contributed by atoms with Crippen molar-refractivity contribution in [1.29, 1.82) is 0 Å². The number of ketones is 1. The highest BCUT2D eigenvalue weighted by Gasteiger charge is 2.30. The van der Waals surface area contributed by atoms with Gasteiger partial charge in [0.05, 0.1) is 11.6 Å². The number of Topliss-reactive ketones (excluding diaryl/α,β-unsaturated/α-hetero) is 1. The first kappa shape index (κ1) is 25.7. The fraction of sp³-hybridized carbons (Fsp3) is 0.409. The molecule has 2 aromatic rings. The summed E-state index contributed by atoms with van der Waals surface area (Å²) in [6.07, 6.45) is -3.47. The summed E-state index contributed by atoms with van der Waals surface area (Å²) in [4.78, 5) is 10.5. The van der Waals surface area contributed by atoms with E-state index in [0.717, 1.165) is 24.1 Å². The molecule has 28 heavy (non-hydrogen) atoms. The van der Waals surface area contributed by atoms with Crippen LogP contribution in [0.25, 0.3) is 0 Å². The Bertz CT molecular complexity index is 694. The van der Waals surface area contributed by atoms with Crippen LogP contribution in [0, 0.1) is 6.92 Å². The number of hydrogen-bond acceptors (Lipinski definition) is 3. The number of alkyl halides is 3. The highest BCUT2D eigenvalue weighted by Crippen LogP contribution is 2.32. The van der Waals surface area contributed by atoms with Crippen molar-refractivity contribution in [3.63, 3.8) is 0 Å². The lowest BCUT2D eigenvalue weighted by atomic mass is 10.1. The Labute approximate surface area is 165 Å². The van der Waals surface area contributed by atoms with E-state index in [1.165, 1.54) is 12.1 Å². The summed E-state index contributed by atoms with van der Waals surface area (Å²) in [5.41, 5.74) is 0.346. The van der Waals surface area contributed by atoms with E-state index in [9.17, 15) is 18.0 Å². The Morgan fingerprint density at radius 3 is 2.04 bits per heavy atom. The van der Waals surface area contributed by atoms with Gasteiger partial charge in [0.2, 0.25) is 0 Å². The van der Waals surface area contributed by atoms with Gasteiger partial charge < -0.3 is 10.1 Å². The van der Waals surface area contributed by atoms with E-state index < -0.39 is 11.7 Å². The molecule has 0 radical (unpaired) electrons. The molecule has 0 aromatic heterocycles. The first-order chi connectivity index (χ1) is 13.2. The molecular weight excluding hydrogens is 367 g/mol. The molecule has 0 spiro atoms. The number of aryl methyl sites for hydroxylation is 1. The van der Waals surface area contributed by atoms with Gasteiger partial charge in [0.25, 0.3) is 0 Å². The van der Waals surface area contributed by atoms with Crippen LogP contribution in [0.1, 0.15) is 45.2 Å². The summed E-state index contributed by atoms with van der Waals surface area (Å²) in [5.74, 6) is 0.906.